The molecular formula is C21H25N3O3. The first-order valence-electron chi connectivity index (χ1n) is 9.00. The number of hydrogen-bond donors (Lipinski definition) is 2. The smallest absolute Gasteiger partial charge is 0.243 e. The largest absolute Gasteiger partial charge is 0.361 e. The summed E-state index contributed by atoms with van der Waals surface area (Å²) < 4.78 is 5.24. The lowest BCUT2D eigenvalue weighted by atomic mass is 9.82. The maximum Gasteiger partial charge on any atom is 0.243 e. The van der Waals surface area contributed by atoms with E-state index < -0.39 is 5.41 Å². The molecule has 2 atom stereocenters. The number of carbonyl (C=O) groups is 2. The maximum absolute atomic E-state index is 13.2. The zero-order valence-corrected chi connectivity index (χ0v) is 16.1. The summed E-state index contributed by atoms with van der Waals surface area (Å²) in [5.41, 5.74) is 2.83. The van der Waals surface area contributed by atoms with Gasteiger partial charge in [0.15, 0.2) is 0 Å². The topological polar surface area (TPSA) is 84.2 Å². The van der Waals surface area contributed by atoms with E-state index in [4.69, 9.17) is 4.52 Å². The summed E-state index contributed by atoms with van der Waals surface area (Å²) in [7, 11) is 0. The van der Waals surface area contributed by atoms with Gasteiger partial charge >= 0.3 is 0 Å². The summed E-state index contributed by atoms with van der Waals surface area (Å²) in [6.45, 7) is 10.9. The monoisotopic (exact) mass is 367 g/mol. The minimum absolute atomic E-state index is 0.132. The molecule has 3 rings (SSSR count). The highest BCUT2D eigenvalue weighted by molar-refractivity contribution is 5.89. The molecule has 2 aromatic rings. The zero-order chi connectivity index (χ0) is 19.8. The van der Waals surface area contributed by atoms with E-state index in [9.17, 15) is 9.59 Å². The van der Waals surface area contributed by atoms with Crippen LogP contribution in [-0.2, 0) is 21.4 Å². The Bertz CT molecular complexity index is 878. The van der Waals surface area contributed by atoms with E-state index >= 15 is 0 Å². The molecule has 27 heavy (non-hydrogen) atoms. The van der Waals surface area contributed by atoms with E-state index in [0.29, 0.717) is 17.9 Å². The van der Waals surface area contributed by atoms with Gasteiger partial charge in [-0.1, -0.05) is 36.0 Å². The molecule has 0 radical (unpaired) electrons. The average molecular weight is 367 g/mol. The number of aromatic nitrogens is 1. The Hall–Kier alpha value is -2.89. The lowest BCUT2D eigenvalue weighted by Gasteiger charge is -2.29. The zero-order valence-electron chi connectivity index (χ0n) is 16.1. The van der Waals surface area contributed by atoms with Gasteiger partial charge in [0.2, 0.25) is 11.8 Å². The molecular weight excluding hydrogens is 342 g/mol. The van der Waals surface area contributed by atoms with E-state index in [1.165, 1.54) is 6.08 Å². The number of fused-ring (bicyclic) bond motifs is 1. The number of hydrogen-bond acceptors (Lipinski definition) is 4. The third-order valence-corrected chi connectivity index (χ3v) is 5.26. The summed E-state index contributed by atoms with van der Waals surface area (Å²) in [6, 6.07) is 7.37. The van der Waals surface area contributed by atoms with Crippen molar-refractivity contribution in [1.82, 2.24) is 15.8 Å². The number of amides is 2. The first-order valence-corrected chi connectivity index (χ1v) is 9.00. The SMILES string of the molecule is C=CC(=O)N[C@@H]1c2ccccc2C[C@H]1NC(=O)C(C)(C)c1c(C)noc1C. The van der Waals surface area contributed by atoms with Crippen LogP contribution in [-0.4, -0.2) is 23.0 Å². The minimum Gasteiger partial charge on any atom is -0.361 e. The quantitative estimate of drug-likeness (QED) is 0.796. The van der Waals surface area contributed by atoms with Crippen LogP contribution in [0, 0.1) is 13.8 Å². The fraction of sp³-hybridized carbons (Fsp3) is 0.381. The summed E-state index contributed by atoms with van der Waals surface area (Å²) in [6.07, 6.45) is 1.90. The van der Waals surface area contributed by atoms with Gasteiger partial charge in [0.25, 0.3) is 0 Å². The first-order chi connectivity index (χ1) is 12.8. The van der Waals surface area contributed by atoms with Crippen LogP contribution in [0.1, 0.15) is 48.0 Å². The Morgan fingerprint density at radius 3 is 2.59 bits per heavy atom. The third-order valence-electron chi connectivity index (χ3n) is 5.26. The van der Waals surface area contributed by atoms with Gasteiger partial charge in [-0.3, -0.25) is 9.59 Å². The molecule has 0 aliphatic heterocycles. The van der Waals surface area contributed by atoms with Crippen molar-refractivity contribution >= 4 is 11.8 Å². The van der Waals surface area contributed by atoms with Gasteiger partial charge < -0.3 is 15.2 Å². The van der Waals surface area contributed by atoms with E-state index in [1.54, 1.807) is 0 Å². The highest BCUT2D eigenvalue weighted by atomic mass is 16.5. The molecule has 2 N–H and O–H groups in total. The molecule has 1 aromatic heterocycles. The molecule has 0 bridgehead atoms. The second kappa shape index (κ2) is 7.02. The second-order valence-electron chi connectivity index (χ2n) is 7.50. The van der Waals surface area contributed by atoms with Crippen LogP contribution < -0.4 is 10.6 Å². The predicted octanol–water partition coefficient (Wildman–Crippen LogP) is 2.65. The Labute approximate surface area is 159 Å². The minimum atomic E-state index is -0.810. The Morgan fingerprint density at radius 2 is 1.96 bits per heavy atom. The number of nitrogens with one attached hydrogen (secondary N) is 2. The molecule has 142 valence electrons. The molecule has 0 saturated carbocycles. The summed E-state index contributed by atoms with van der Waals surface area (Å²) >= 11 is 0. The normalized spacial score (nSPS) is 18.7. The van der Waals surface area contributed by atoms with E-state index in [-0.39, 0.29) is 23.9 Å². The maximum atomic E-state index is 13.2. The fourth-order valence-corrected chi connectivity index (χ4v) is 3.96. The molecule has 0 spiro atoms. The van der Waals surface area contributed by atoms with Crippen molar-refractivity contribution in [2.75, 3.05) is 0 Å². The van der Waals surface area contributed by atoms with Gasteiger partial charge in [0.05, 0.1) is 23.2 Å². The second-order valence-corrected chi connectivity index (χ2v) is 7.50. The van der Waals surface area contributed by atoms with Gasteiger partial charge in [-0.25, -0.2) is 0 Å². The Kier molecular flexibility index (Phi) is 4.91. The number of nitrogens with zero attached hydrogens (tertiary/aromatic N) is 1. The van der Waals surface area contributed by atoms with E-state index in [1.807, 2.05) is 52.0 Å². The fourth-order valence-electron chi connectivity index (χ4n) is 3.96. The highest BCUT2D eigenvalue weighted by Gasteiger charge is 2.40. The van der Waals surface area contributed by atoms with Crippen molar-refractivity contribution in [2.45, 2.75) is 51.6 Å². The number of benzene rings is 1. The predicted molar refractivity (Wildman–Crippen MR) is 102 cm³/mol. The molecule has 1 aromatic carbocycles. The van der Waals surface area contributed by atoms with Crippen molar-refractivity contribution in [3.63, 3.8) is 0 Å². The number of rotatable bonds is 5. The lowest BCUT2D eigenvalue weighted by molar-refractivity contribution is -0.127. The summed E-state index contributed by atoms with van der Waals surface area (Å²) in [5, 5.41) is 10.0. The van der Waals surface area contributed by atoms with Crippen LogP contribution in [0.2, 0.25) is 0 Å². The van der Waals surface area contributed by atoms with Crippen LogP contribution in [0.3, 0.4) is 0 Å². The van der Waals surface area contributed by atoms with Crippen molar-refractivity contribution in [2.24, 2.45) is 0 Å². The molecule has 0 saturated heterocycles. The highest BCUT2D eigenvalue weighted by Crippen LogP contribution is 2.34. The molecule has 0 unspecified atom stereocenters. The molecule has 6 heteroatoms. The van der Waals surface area contributed by atoms with Gasteiger partial charge in [-0.2, -0.15) is 0 Å². The molecule has 1 aliphatic carbocycles. The van der Waals surface area contributed by atoms with Crippen LogP contribution in [0.15, 0.2) is 41.4 Å². The molecule has 1 heterocycles. The standard InChI is InChI=1S/C21H25N3O3/c1-6-17(25)23-19-15-10-8-7-9-14(15)11-16(19)22-20(26)21(4,5)18-12(2)24-27-13(18)3/h6-10,16,19H,1,11H2,2-5H3,(H,22,26)(H,23,25)/t16-,19-/m1/s1. The molecule has 0 fully saturated rings. The number of aryl methyl sites for hydroxylation is 2. The summed E-state index contributed by atoms with van der Waals surface area (Å²) in [5.74, 6) is 0.243. The van der Waals surface area contributed by atoms with Gasteiger partial charge in [0, 0.05) is 5.56 Å². The van der Waals surface area contributed by atoms with Crippen molar-refractivity contribution in [3.8, 4) is 0 Å². The van der Waals surface area contributed by atoms with Crippen molar-refractivity contribution in [1.29, 1.82) is 0 Å². The third kappa shape index (κ3) is 3.39. The van der Waals surface area contributed by atoms with Crippen LogP contribution in [0.4, 0.5) is 0 Å². The Morgan fingerprint density at radius 1 is 1.26 bits per heavy atom. The molecule has 2 amide bonds. The van der Waals surface area contributed by atoms with Crippen molar-refractivity contribution < 1.29 is 14.1 Å². The lowest BCUT2D eigenvalue weighted by Crippen LogP contribution is -2.49. The average Bonchev–Trinajstić information content (AvgIpc) is 3.15. The van der Waals surface area contributed by atoms with Crippen LogP contribution in [0.25, 0.3) is 0 Å². The molecule has 6 nitrogen and oxygen atoms in total. The van der Waals surface area contributed by atoms with Gasteiger partial charge in [-0.05, 0) is 51.3 Å². The van der Waals surface area contributed by atoms with E-state index in [0.717, 1.165) is 16.7 Å². The van der Waals surface area contributed by atoms with Crippen LogP contribution in [0.5, 0.6) is 0 Å². The molecule has 1 aliphatic rings. The van der Waals surface area contributed by atoms with E-state index in [2.05, 4.69) is 22.4 Å². The van der Waals surface area contributed by atoms with Crippen LogP contribution >= 0.6 is 0 Å². The number of carbonyl (C=O) groups excluding carboxylic acids is 2. The first kappa shape index (κ1) is 18.9. The van der Waals surface area contributed by atoms with Crippen molar-refractivity contribution in [3.05, 3.63) is 65.1 Å². The summed E-state index contributed by atoms with van der Waals surface area (Å²) in [4.78, 5) is 25.1. The van der Waals surface area contributed by atoms with Gasteiger partial charge in [-0.15, -0.1) is 0 Å². The van der Waals surface area contributed by atoms with Gasteiger partial charge in [0.1, 0.15) is 5.76 Å². The Balaban J connectivity index is 1.86.